The van der Waals surface area contributed by atoms with Gasteiger partial charge in [0, 0.05) is 56.6 Å². The molecule has 5 rings (SSSR count). The summed E-state index contributed by atoms with van der Waals surface area (Å²) in [5, 5.41) is 1.23. The van der Waals surface area contributed by atoms with Crippen molar-refractivity contribution >= 4 is 10.9 Å². The third-order valence-corrected chi connectivity index (χ3v) is 6.43. The number of pyridine rings is 1. The van der Waals surface area contributed by atoms with Crippen molar-refractivity contribution in [2.45, 2.75) is 44.9 Å². The van der Waals surface area contributed by atoms with Crippen molar-refractivity contribution < 1.29 is 4.74 Å². The summed E-state index contributed by atoms with van der Waals surface area (Å²) in [6, 6.07) is 14.1. The van der Waals surface area contributed by atoms with E-state index in [0.29, 0.717) is 0 Å². The Morgan fingerprint density at radius 3 is 2.59 bits per heavy atom. The number of benzene rings is 1. The zero-order valence-corrected chi connectivity index (χ0v) is 17.1. The van der Waals surface area contributed by atoms with E-state index in [4.69, 9.17) is 4.74 Å². The molecule has 1 saturated heterocycles. The molecule has 5 nitrogen and oxygen atoms in total. The molecule has 0 atom stereocenters. The van der Waals surface area contributed by atoms with Gasteiger partial charge in [-0.05, 0) is 55.9 Å². The number of nitrogens with zero attached hydrogens (tertiary/aromatic N) is 3. The molecule has 3 heterocycles. The smallest absolute Gasteiger partial charge is 0.250 e. The fraction of sp³-hybridized carbons (Fsp3) is 0.458. The lowest BCUT2D eigenvalue weighted by atomic mass is 10.1. The lowest BCUT2D eigenvalue weighted by molar-refractivity contribution is 0.0966. The predicted octanol–water partition coefficient (Wildman–Crippen LogP) is 3.79. The number of rotatable bonds is 6. The Hall–Kier alpha value is -2.53. The largest absolute Gasteiger partial charge is 0.490 e. The van der Waals surface area contributed by atoms with Gasteiger partial charge in [0.05, 0.1) is 5.52 Å². The topological polar surface area (TPSA) is 39.4 Å². The third-order valence-electron chi connectivity index (χ3n) is 6.43. The Kier molecular flexibility index (Phi) is 4.92. The molecular formula is C24H29N3O2. The Morgan fingerprint density at radius 1 is 1.00 bits per heavy atom. The first kappa shape index (κ1) is 18.5. The number of piperidine rings is 1. The molecule has 0 radical (unpaired) electrons. The van der Waals surface area contributed by atoms with Gasteiger partial charge in [-0.2, -0.15) is 0 Å². The second-order valence-electron chi connectivity index (χ2n) is 8.61. The quantitative estimate of drug-likeness (QED) is 0.642. The molecule has 0 bridgehead atoms. The minimum absolute atomic E-state index is 0.0578. The first-order chi connectivity index (χ1) is 14.2. The first-order valence-electron chi connectivity index (χ1n) is 10.8. The summed E-state index contributed by atoms with van der Waals surface area (Å²) < 4.78 is 10.6. The van der Waals surface area contributed by atoms with E-state index in [1.165, 1.54) is 23.7 Å². The van der Waals surface area contributed by atoms with Gasteiger partial charge in [-0.15, -0.1) is 0 Å². The second-order valence-corrected chi connectivity index (χ2v) is 8.61. The fourth-order valence-corrected chi connectivity index (χ4v) is 4.40. The van der Waals surface area contributed by atoms with Gasteiger partial charge < -0.3 is 13.9 Å². The number of likely N-dealkylation sites (tertiary alicyclic amines) is 1. The number of ether oxygens (including phenoxy) is 1. The minimum Gasteiger partial charge on any atom is -0.490 e. The van der Waals surface area contributed by atoms with Crippen LogP contribution in [-0.2, 0) is 20.1 Å². The van der Waals surface area contributed by atoms with Crippen LogP contribution in [0.25, 0.3) is 10.9 Å². The molecule has 3 aromatic rings. The molecule has 5 heteroatoms. The summed E-state index contributed by atoms with van der Waals surface area (Å²) in [6.07, 6.45) is 7.22. The van der Waals surface area contributed by atoms with E-state index >= 15 is 0 Å². The molecule has 0 unspecified atom stereocenters. The first-order valence-corrected chi connectivity index (χ1v) is 10.8. The molecule has 0 spiro atoms. The molecule has 1 saturated carbocycles. The SMILES string of the molecule is Cn1c(CN2CCC(Oc3cccc4c3ccn4CC3CC3)CC2)cccc1=O. The van der Waals surface area contributed by atoms with Crippen LogP contribution < -0.4 is 10.3 Å². The van der Waals surface area contributed by atoms with Crippen molar-refractivity contribution in [2.75, 3.05) is 13.1 Å². The summed E-state index contributed by atoms with van der Waals surface area (Å²) in [7, 11) is 1.85. The van der Waals surface area contributed by atoms with Crippen LogP contribution in [0.2, 0.25) is 0 Å². The van der Waals surface area contributed by atoms with E-state index in [0.717, 1.165) is 56.4 Å². The summed E-state index contributed by atoms with van der Waals surface area (Å²) in [4.78, 5) is 14.2. The molecule has 1 aromatic carbocycles. The van der Waals surface area contributed by atoms with E-state index in [9.17, 15) is 4.79 Å². The van der Waals surface area contributed by atoms with E-state index < -0.39 is 0 Å². The summed E-state index contributed by atoms with van der Waals surface area (Å²) in [5.41, 5.74) is 2.41. The van der Waals surface area contributed by atoms with Crippen LogP contribution in [0.1, 0.15) is 31.4 Å². The normalized spacial score (nSPS) is 18.4. The van der Waals surface area contributed by atoms with Crippen LogP contribution in [0.3, 0.4) is 0 Å². The van der Waals surface area contributed by atoms with Crippen molar-refractivity contribution in [1.29, 1.82) is 0 Å². The number of fused-ring (bicyclic) bond motifs is 1. The average molecular weight is 392 g/mol. The van der Waals surface area contributed by atoms with Crippen LogP contribution in [0, 0.1) is 5.92 Å². The van der Waals surface area contributed by atoms with Gasteiger partial charge in [-0.3, -0.25) is 9.69 Å². The molecule has 1 aliphatic heterocycles. The maximum atomic E-state index is 11.8. The number of hydrogen-bond acceptors (Lipinski definition) is 3. The van der Waals surface area contributed by atoms with Gasteiger partial charge in [-0.1, -0.05) is 12.1 Å². The molecule has 29 heavy (non-hydrogen) atoms. The second kappa shape index (κ2) is 7.71. The molecule has 152 valence electrons. The lowest BCUT2D eigenvalue weighted by Gasteiger charge is -2.32. The van der Waals surface area contributed by atoms with Crippen LogP contribution in [0.15, 0.2) is 53.5 Å². The summed E-state index contributed by atoms with van der Waals surface area (Å²) >= 11 is 0. The zero-order chi connectivity index (χ0) is 19.8. The molecular weight excluding hydrogens is 362 g/mol. The maximum absolute atomic E-state index is 11.8. The van der Waals surface area contributed by atoms with Crippen molar-refractivity contribution in [1.82, 2.24) is 14.0 Å². The van der Waals surface area contributed by atoms with Gasteiger partial charge in [0.2, 0.25) is 5.56 Å². The fourth-order valence-electron chi connectivity index (χ4n) is 4.40. The van der Waals surface area contributed by atoms with Crippen molar-refractivity contribution in [3.63, 3.8) is 0 Å². The van der Waals surface area contributed by atoms with Crippen molar-refractivity contribution in [3.05, 3.63) is 64.7 Å². The lowest BCUT2D eigenvalue weighted by Crippen LogP contribution is -2.38. The van der Waals surface area contributed by atoms with E-state index in [2.05, 4.69) is 39.9 Å². The Labute approximate surface area is 171 Å². The van der Waals surface area contributed by atoms with E-state index in [-0.39, 0.29) is 11.7 Å². The van der Waals surface area contributed by atoms with E-state index in [1.54, 1.807) is 10.6 Å². The highest BCUT2D eigenvalue weighted by Crippen LogP contribution is 2.34. The highest BCUT2D eigenvalue weighted by Gasteiger charge is 2.24. The molecule has 0 amide bonds. The van der Waals surface area contributed by atoms with Crippen LogP contribution in [0.5, 0.6) is 5.75 Å². The third kappa shape index (κ3) is 3.97. The van der Waals surface area contributed by atoms with Gasteiger partial charge in [0.1, 0.15) is 11.9 Å². The number of aromatic nitrogens is 2. The van der Waals surface area contributed by atoms with Gasteiger partial charge in [0.25, 0.3) is 0 Å². The summed E-state index contributed by atoms with van der Waals surface area (Å²) in [5.74, 6) is 1.88. The van der Waals surface area contributed by atoms with Crippen molar-refractivity contribution in [3.8, 4) is 5.75 Å². The van der Waals surface area contributed by atoms with Gasteiger partial charge >= 0.3 is 0 Å². The Balaban J connectivity index is 1.22. The molecule has 0 N–H and O–H groups in total. The monoisotopic (exact) mass is 391 g/mol. The highest BCUT2D eigenvalue weighted by molar-refractivity contribution is 5.86. The van der Waals surface area contributed by atoms with Gasteiger partial charge in [0.15, 0.2) is 0 Å². The minimum atomic E-state index is 0.0578. The van der Waals surface area contributed by atoms with Crippen LogP contribution in [-0.4, -0.2) is 33.2 Å². The summed E-state index contributed by atoms with van der Waals surface area (Å²) in [6.45, 7) is 3.94. The average Bonchev–Trinajstić information content (AvgIpc) is 3.45. The standard InChI is InChI=1S/C24H29N3O2/c1-25-19(4-2-7-24(25)28)17-26-13-10-20(11-14-26)29-23-6-3-5-22-21(23)12-15-27(22)16-18-8-9-18/h2-7,12,15,18,20H,8-11,13-14,16-17H2,1H3. The van der Waals surface area contributed by atoms with Crippen LogP contribution >= 0.6 is 0 Å². The maximum Gasteiger partial charge on any atom is 0.250 e. The Bertz CT molecular complexity index is 1060. The van der Waals surface area contributed by atoms with Crippen molar-refractivity contribution in [2.24, 2.45) is 13.0 Å². The van der Waals surface area contributed by atoms with Crippen LogP contribution in [0.4, 0.5) is 0 Å². The predicted molar refractivity (Wildman–Crippen MR) is 115 cm³/mol. The molecule has 1 aliphatic carbocycles. The number of hydrogen-bond donors (Lipinski definition) is 0. The van der Waals surface area contributed by atoms with Gasteiger partial charge in [-0.25, -0.2) is 0 Å². The molecule has 2 fully saturated rings. The zero-order valence-electron chi connectivity index (χ0n) is 17.1. The highest BCUT2D eigenvalue weighted by atomic mass is 16.5. The van der Waals surface area contributed by atoms with E-state index in [1.807, 2.05) is 19.2 Å². The Morgan fingerprint density at radius 2 is 1.79 bits per heavy atom. The molecule has 2 aliphatic rings. The molecule has 2 aromatic heterocycles.